The van der Waals surface area contributed by atoms with E-state index < -0.39 is 0 Å². The predicted octanol–water partition coefficient (Wildman–Crippen LogP) is 7.51. The van der Waals surface area contributed by atoms with Crippen LogP contribution in [0.25, 0.3) is 5.57 Å². The first-order valence-corrected chi connectivity index (χ1v) is 12.7. The molecular weight excluding hydrogens is 379 g/mol. The number of rotatable bonds is 4. The van der Waals surface area contributed by atoms with Crippen LogP contribution in [0.2, 0.25) is 0 Å². The summed E-state index contributed by atoms with van der Waals surface area (Å²) in [5, 5.41) is 1.61. The van der Waals surface area contributed by atoms with Gasteiger partial charge < -0.3 is 0 Å². The molecule has 1 atom stereocenters. The topological polar surface area (TPSA) is 0 Å². The quantitative estimate of drug-likeness (QED) is 0.389. The largest absolute Gasteiger partial charge is 0.0714 e. The lowest BCUT2D eigenvalue weighted by molar-refractivity contribution is 0.578. The van der Waals surface area contributed by atoms with E-state index in [-0.39, 0.29) is 18.8 Å². The molecule has 1 heteroatoms. The smallest absolute Gasteiger partial charge is 0.00548 e. The molecule has 0 spiro atoms. The number of benzene rings is 3. The second-order valence-electron chi connectivity index (χ2n) is 10.1. The molecule has 0 aromatic heterocycles. The zero-order chi connectivity index (χ0) is 21.4. The molecule has 1 heterocycles. The van der Waals surface area contributed by atoms with Crippen LogP contribution in [-0.4, -0.2) is 12.3 Å². The van der Waals surface area contributed by atoms with Crippen molar-refractivity contribution < 1.29 is 0 Å². The Morgan fingerprint density at radius 3 is 1.97 bits per heavy atom. The van der Waals surface area contributed by atoms with Crippen LogP contribution in [0.1, 0.15) is 56.9 Å². The summed E-state index contributed by atoms with van der Waals surface area (Å²) in [6.45, 7) is 11.8. The Hall–Kier alpha value is -2.17. The Morgan fingerprint density at radius 2 is 1.43 bits per heavy atom. The Morgan fingerprint density at radius 1 is 0.867 bits per heavy atom. The van der Waals surface area contributed by atoms with Crippen molar-refractivity contribution >= 4 is 18.8 Å². The molecule has 1 unspecified atom stereocenters. The van der Waals surface area contributed by atoms with Crippen molar-refractivity contribution in [1.29, 1.82) is 0 Å². The van der Waals surface area contributed by atoms with E-state index in [2.05, 4.69) is 120 Å². The molecule has 0 bridgehead atoms. The van der Waals surface area contributed by atoms with Crippen LogP contribution in [0.3, 0.4) is 0 Å². The molecule has 1 aliphatic heterocycles. The van der Waals surface area contributed by atoms with Gasteiger partial charge in [0.15, 0.2) is 0 Å². The van der Waals surface area contributed by atoms with E-state index in [1.54, 1.807) is 10.9 Å². The van der Waals surface area contributed by atoms with E-state index >= 15 is 0 Å². The highest BCUT2D eigenvalue weighted by Crippen LogP contribution is 2.51. The molecule has 0 nitrogen and oxygen atoms in total. The maximum absolute atomic E-state index is 2.50. The van der Waals surface area contributed by atoms with Crippen LogP contribution >= 0.6 is 7.92 Å². The third-order valence-corrected chi connectivity index (χ3v) is 9.07. The van der Waals surface area contributed by atoms with E-state index in [9.17, 15) is 0 Å². The maximum atomic E-state index is 2.50. The minimum absolute atomic E-state index is 0.187. The van der Waals surface area contributed by atoms with E-state index in [0.717, 1.165) is 6.16 Å². The molecule has 3 aromatic carbocycles. The van der Waals surface area contributed by atoms with Gasteiger partial charge in [0.25, 0.3) is 0 Å². The van der Waals surface area contributed by atoms with Crippen LogP contribution in [0.15, 0.2) is 84.9 Å². The van der Waals surface area contributed by atoms with Gasteiger partial charge in [-0.2, -0.15) is 0 Å². The molecule has 0 N–H and O–H groups in total. The Balaban J connectivity index is 1.70. The summed E-state index contributed by atoms with van der Waals surface area (Å²) in [4.78, 5) is 0. The molecule has 30 heavy (non-hydrogen) atoms. The summed E-state index contributed by atoms with van der Waals surface area (Å²) in [5.74, 6) is 0. The van der Waals surface area contributed by atoms with Crippen molar-refractivity contribution in [2.45, 2.75) is 45.4 Å². The van der Waals surface area contributed by atoms with Crippen LogP contribution in [-0.2, 0) is 10.8 Å². The summed E-state index contributed by atoms with van der Waals surface area (Å²) in [7, 11) is -0.187. The van der Waals surface area contributed by atoms with E-state index in [4.69, 9.17) is 0 Å². The molecule has 0 fully saturated rings. The third-order valence-electron chi connectivity index (χ3n) is 6.20. The normalized spacial score (nSPS) is 17.4. The fraction of sp³-hybridized carbons (Fsp3) is 0.310. The molecule has 0 saturated carbocycles. The number of allylic oxidation sites excluding steroid dienone is 1. The van der Waals surface area contributed by atoms with E-state index in [1.807, 2.05) is 0 Å². The van der Waals surface area contributed by atoms with Crippen molar-refractivity contribution in [3.8, 4) is 0 Å². The van der Waals surface area contributed by atoms with Gasteiger partial charge in [-0.15, -0.1) is 0 Å². The molecule has 0 aliphatic carbocycles. The predicted molar refractivity (Wildman–Crippen MR) is 134 cm³/mol. The van der Waals surface area contributed by atoms with Crippen molar-refractivity contribution in [2.24, 2.45) is 0 Å². The fourth-order valence-electron chi connectivity index (χ4n) is 4.47. The lowest BCUT2D eigenvalue weighted by Gasteiger charge is -2.24. The van der Waals surface area contributed by atoms with Gasteiger partial charge in [0, 0.05) is 0 Å². The third kappa shape index (κ3) is 4.30. The minimum Gasteiger partial charge on any atom is -0.0714 e. The first-order chi connectivity index (χ1) is 14.3. The molecule has 4 rings (SSSR count). The Labute approximate surface area is 183 Å². The Kier molecular flexibility index (Phi) is 5.73. The average molecular weight is 413 g/mol. The first kappa shape index (κ1) is 21.1. The van der Waals surface area contributed by atoms with Crippen LogP contribution in [0, 0.1) is 0 Å². The second-order valence-corrected chi connectivity index (χ2v) is 12.3. The lowest BCUT2D eigenvalue weighted by Crippen LogP contribution is -2.20. The molecule has 3 aromatic rings. The van der Waals surface area contributed by atoms with Crippen molar-refractivity contribution in [2.75, 3.05) is 12.3 Å². The Bertz CT molecular complexity index is 995. The van der Waals surface area contributed by atoms with Crippen molar-refractivity contribution in [3.05, 3.63) is 107 Å². The van der Waals surface area contributed by atoms with Crippen molar-refractivity contribution in [3.63, 3.8) is 0 Å². The summed E-state index contributed by atoms with van der Waals surface area (Å²) in [6.07, 6.45) is 4.91. The summed E-state index contributed by atoms with van der Waals surface area (Å²) in [5.41, 5.74) is 7.46. The first-order valence-electron chi connectivity index (χ1n) is 11.0. The van der Waals surface area contributed by atoms with Crippen LogP contribution < -0.4 is 5.30 Å². The van der Waals surface area contributed by atoms with Crippen LogP contribution in [0.5, 0.6) is 0 Å². The van der Waals surface area contributed by atoms with Gasteiger partial charge in [-0.1, -0.05) is 127 Å². The summed E-state index contributed by atoms with van der Waals surface area (Å²) >= 11 is 0. The van der Waals surface area contributed by atoms with Gasteiger partial charge in [0.05, 0.1) is 0 Å². The minimum atomic E-state index is -0.187. The van der Waals surface area contributed by atoms with Gasteiger partial charge in [-0.25, -0.2) is 0 Å². The second kappa shape index (κ2) is 8.16. The fourth-order valence-corrected chi connectivity index (χ4v) is 7.49. The molecule has 1 aliphatic rings. The SMILES string of the molecule is CC(C)(C)c1ccc2c(c1)C(C)(C)CP2CC=C(c1ccccc1)c1ccccc1. The van der Waals surface area contributed by atoms with Gasteiger partial charge in [0.2, 0.25) is 0 Å². The molecular formula is C29H33P. The number of hydrogen-bond acceptors (Lipinski definition) is 0. The monoisotopic (exact) mass is 412 g/mol. The molecule has 154 valence electrons. The highest BCUT2D eigenvalue weighted by molar-refractivity contribution is 7.66. The maximum Gasteiger partial charge on any atom is -0.00548 e. The van der Waals surface area contributed by atoms with E-state index in [0.29, 0.717) is 0 Å². The molecule has 0 amide bonds. The van der Waals surface area contributed by atoms with Gasteiger partial charge in [-0.05, 0) is 56.3 Å². The zero-order valence-corrected chi connectivity index (χ0v) is 19.8. The number of hydrogen-bond donors (Lipinski definition) is 0. The van der Waals surface area contributed by atoms with Crippen LogP contribution in [0.4, 0.5) is 0 Å². The lowest BCUT2D eigenvalue weighted by atomic mass is 9.81. The summed E-state index contributed by atoms with van der Waals surface area (Å²) in [6, 6.07) is 29.0. The van der Waals surface area contributed by atoms with Crippen molar-refractivity contribution in [1.82, 2.24) is 0 Å². The zero-order valence-electron chi connectivity index (χ0n) is 18.9. The molecule has 0 saturated heterocycles. The van der Waals surface area contributed by atoms with Gasteiger partial charge in [-0.3, -0.25) is 0 Å². The highest BCUT2D eigenvalue weighted by Gasteiger charge is 2.36. The standard InChI is InChI=1S/C29H33P/c1-28(2,3)24-16-17-27-26(20-24)29(4,5)21-30(27)19-18-25(22-12-8-6-9-13-22)23-14-10-7-11-15-23/h6-18,20H,19,21H2,1-5H3. The molecule has 0 radical (unpaired) electrons. The summed E-state index contributed by atoms with van der Waals surface area (Å²) < 4.78 is 0. The average Bonchev–Trinajstić information content (AvgIpc) is 2.99. The van der Waals surface area contributed by atoms with Gasteiger partial charge in [0.1, 0.15) is 0 Å². The van der Waals surface area contributed by atoms with E-state index in [1.165, 1.54) is 28.4 Å². The highest BCUT2D eigenvalue weighted by atomic mass is 31.1. The number of fused-ring (bicyclic) bond motifs is 1. The van der Waals surface area contributed by atoms with Gasteiger partial charge >= 0.3 is 0 Å².